The molecule has 1 aromatic rings. The smallest absolute Gasteiger partial charge is 0.550 e. The molecule has 1 rings (SSSR count). The number of carboxylic acids is 2. The minimum Gasteiger partial charge on any atom is -0.550 e. The topological polar surface area (TPSA) is 80.3 Å². The van der Waals surface area contributed by atoms with E-state index in [1.807, 2.05) is 0 Å². The fraction of sp³-hybridized carbons (Fsp3) is 0.273. The van der Waals surface area contributed by atoms with Gasteiger partial charge in [-0.1, -0.05) is 30.3 Å². The molecule has 1 atom stereocenters. The van der Waals surface area contributed by atoms with Crippen LogP contribution in [0.5, 0.6) is 0 Å². The van der Waals surface area contributed by atoms with Gasteiger partial charge in [-0.05, 0) is 18.4 Å². The second-order valence-corrected chi connectivity index (χ2v) is 3.28. The van der Waals surface area contributed by atoms with E-state index in [0.717, 1.165) is 5.56 Å². The largest absolute Gasteiger partial charge is 1.00 e. The fourth-order valence-corrected chi connectivity index (χ4v) is 1.34. The van der Waals surface area contributed by atoms with Gasteiger partial charge in [-0.25, -0.2) is 0 Å². The molecule has 0 saturated heterocycles. The molecule has 0 aliphatic carbocycles. The molecule has 0 heterocycles. The van der Waals surface area contributed by atoms with Crippen LogP contribution in [0, 0.1) is 5.92 Å². The molecule has 0 saturated carbocycles. The predicted octanol–water partition coefficient (Wildman–Crippen LogP) is -7.26. The molecule has 0 aliphatic rings. The number of aliphatic carboxylic acids is 2. The van der Waals surface area contributed by atoms with Crippen LogP contribution < -0.4 is 69.3 Å². The summed E-state index contributed by atoms with van der Waals surface area (Å²) in [5.41, 5.74) is 0.771. The molecule has 0 aliphatic heterocycles. The summed E-state index contributed by atoms with van der Waals surface area (Å²) in [6.45, 7) is 0. The summed E-state index contributed by atoms with van der Waals surface area (Å²) in [4.78, 5) is 20.9. The number of rotatable bonds is 5. The molecule has 0 radical (unpaired) electrons. The molecule has 0 bridgehead atoms. The summed E-state index contributed by atoms with van der Waals surface area (Å²) in [5.74, 6) is -3.76. The summed E-state index contributed by atoms with van der Waals surface area (Å²) in [6.07, 6.45) is -0.367. The van der Waals surface area contributed by atoms with E-state index in [2.05, 4.69) is 0 Å². The third-order valence-corrected chi connectivity index (χ3v) is 2.07. The van der Waals surface area contributed by atoms with E-state index in [9.17, 15) is 19.8 Å². The summed E-state index contributed by atoms with van der Waals surface area (Å²) in [7, 11) is 0. The van der Waals surface area contributed by atoms with E-state index in [-0.39, 0.29) is 65.5 Å². The predicted molar refractivity (Wildman–Crippen MR) is 48.3 cm³/mol. The molecule has 0 fully saturated rings. The summed E-state index contributed by atoms with van der Waals surface area (Å²) in [6, 6.07) is 8.81. The summed E-state index contributed by atoms with van der Waals surface area (Å²) in [5, 5.41) is 20.9. The zero-order valence-corrected chi connectivity index (χ0v) is 14.0. The van der Waals surface area contributed by atoms with E-state index in [1.165, 1.54) is 0 Å². The molecule has 1 unspecified atom stereocenters. The van der Waals surface area contributed by atoms with Crippen LogP contribution in [0.15, 0.2) is 30.3 Å². The molecule has 1 aromatic carbocycles. The summed E-state index contributed by atoms with van der Waals surface area (Å²) < 4.78 is 0. The van der Waals surface area contributed by atoms with E-state index >= 15 is 0 Å². The molecule has 0 N–H and O–H groups in total. The van der Waals surface area contributed by atoms with Crippen LogP contribution in [0.3, 0.4) is 0 Å². The first-order chi connectivity index (χ1) is 7.09. The first-order valence-electron chi connectivity index (χ1n) is 4.54. The van der Waals surface area contributed by atoms with Gasteiger partial charge in [-0.15, -0.1) is 0 Å². The number of carboxylic acid groups (broad SMARTS) is 2. The fourth-order valence-electron chi connectivity index (χ4n) is 1.34. The van der Waals surface area contributed by atoms with Crippen molar-refractivity contribution in [2.45, 2.75) is 12.8 Å². The molecule has 0 spiro atoms. The average Bonchev–Trinajstić information content (AvgIpc) is 2.17. The van der Waals surface area contributed by atoms with Crippen molar-refractivity contribution in [1.82, 2.24) is 0 Å². The van der Waals surface area contributed by atoms with Crippen LogP contribution in [-0.2, 0) is 16.0 Å². The zero-order chi connectivity index (χ0) is 11.3. The third kappa shape index (κ3) is 7.97. The minimum atomic E-state index is -1.37. The quantitative estimate of drug-likeness (QED) is 0.488. The van der Waals surface area contributed by atoms with Crippen molar-refractivity contribution in [3.05, 3.63) is 35.9 Å². The molecule has 80 valence electrons. The van der Waals surface area contributed by atoms with Gasteiger partial charge < -0.3 is 19.8 Å². The maximum absolute atomic E-state index is 10.6. The Balaban J connectivity index is 0. The van der Waals surface area contributed by atoms with Crippen molar-refractivity contribution in [2.24, 2.45) is 5.92 Å². The number of benzene rings is 1. The Morgan fingerprint density at radius 2 is 1.59 bits per heavy atom. The Kier molecular flexibility index (Phi) is 11.6. The van der Waals surface area contributed by atoms with Gasteiger partial charge in [-0.2, -0.15) is 0 Å². The SMILES string of the molecule is O=C([O-])CC(Cc1ccccc1)C(=O)[O-].[Na+].[Na+]. The Morgan fingerprint density at radius 3 is 2.00 bits per heavy atom. The van der Waals surface area contributed by atoms with Gasteiger partial charge in [0.15, 0.2) is 0 Å². The van der Waals surface area contributed by atoms with Crippen LogP contribution in [-0.4, -0.2) is 11.9 Å². The molecular formula is C11H10Na2O4. The Morgan fingerprint density at radius 1 is 1.06 bits per heavy atom. The first kappa shape index (κ1) is 19.5. The second kappa shape index (κ2) is 10.1. The minimum absolute atomic E-state index is 0. The molecule has 0 aromatic heterocycles. The van der Waals surface area contributed by atoms with Crippen molar-refractivity contribution < 1.29 is 78.9 Å². The van der Waals surface area contributed by atoms with E-state index in [1.54, 1.807) is 30.3 Å². The number of carbonyl (C=O) groups is 2. The number of hydrogen-bond donors (Lipinski definition) is 0. The van der Waals surface area contributed by atoms with Crippen LogP contribution >= 0.6 is 0 Å². The van der Waals surface area contributed by atoms with Crippen molar-refractivity contribution in [1.29, 1.82) is 0 Å². The third-order valence-electron chi connectivity index (χ3n) is 2.07. The van der Waals surface area contributed by atoms with Crippen LogP contribution in [0.25, 0.3) is 0 Å². The normalized spacial score (nSPS) is 10.6. The molecular weight excluding hydrogens is 242 g/mol. The second-order valence-electron chi connectivity index (χ2n) is 3.28. The molecule has 4 nitrogen and oxygen atoms in total. The van der Waals surface area contributed by atoms with Gasteiger partial charge in [-0.3, -0.25) is 0 Å². The Bertz CT molecular complexity index is 354. The van der Waals surface area contributed by atoms with Crippen molar-refractivity contribution in [3.8, 4) is 0 Å². The standard InChI is InChI=1S/C11H12O4.2Na/c12-10(13)7-9(11(14)15)6-8-4-2-1-3-5-8;;/h1-5,9H,6-7H2,(H,12,13)(H,14,15);;/q;2*+1/p-2. The van der Waals surface area contributed by atoms with Gasteiger partial charge in [0.05, 0.1) is 0 Å². The van der Waals surface area contributed by atoms with Crippen molar-refractivity contribution >= 4 is 11.9 Å². The van der Waals surface area contributed by atoms with Gasteiger partial charge in [0.2, 0.25) is 0 Å². The van der Waals surface area contributed by atoms with Crippen molar-refractivity contribution in [3.63, 3.8) is 0 Å². The Labute approximate surface area is 144 Å². The Hall–Kier alpha value is 0.160. The van der Waals surface area contributed by atoms with Gasteiger partial charge >= 0.3 is 59.1 Å². The van der Waals surface area contributed by atoms with E-state index < -0.39 is 24.3 Å². The molecule has 17 heavy (non-hydrogen) atoms. The first-order valence-corrected chi connectivity index (χ1v) is 4.54. The maximum atomic E-state index is 10.6. The number of hydrogen-bond acceptors (Lipinski definition) is 4. The van der Waals surface area contributed by atoms with Gasteiger partial charge in [0.25, 0.3) is 0 Å². The van der Waals surface area contributed by atoms with Crippen LogP contribution in [0.1, 0.15) is 12.0 Å². The summed E-state index contributed by atoms with van der Waals surface area (Å²) >= 11 is 0. The van der Waals surface area contributed by atoms with E-state index in [0.29, 0.717) is 0 Å². The van der Waals surface area contributed by atoms with E-state index in [4.69, 9.17) is 0 Å². The maximum Gasteiger partial charge on any atom is 1.00 e. The van der Waals surface area contributed by atoms with Crippen LogP contribution in [0.2, 0.25) is 0 Å². The van der Waals surface area contributed by atoms with Crippen molar-refractivity contribution in [2.75, 3.05) is 0 Å². The number of carbonyl (C=O) groups excluding carboxylic acids is 2. The molecule has 0 amide bonds. The van der Waals surface area contributed by atoms with Gasteiger partial charge in [0, 0.05) is 17.9 Å². The zero-order valence-electron chi connectivity index (χ0n) is 10.0. The van der Waals surface area contributed by atoms with Crippen LogP contribution in [0.4, 0.5) is 0 Å². The monoisotopic (exact) mass is 252 g/mol. The van der Waals surface area contributed by atoms with Gasteiger partial charge in [0.1, 0.15) is 0 Å². The molecule has 6 heteroatoms. The average molecular weight is 252 g/mol.